The first-order chi connectivity index (χ1) is 7.73. The van der Waals surface area contributed by atoms with Crippen molar-refractivity contribution in [3.63, 3.8) is 0 Å². The quantitative estimate of drug-likeness (QED) is 0.579. The lowest BCUT2D eigenvalue weighted by Gasteiger charge is -2.42. The van der Waals surface area contributed by atoms with Crippen molar-refractivity contribution >= 4 is 10.1 Å². The third-order valence-electron chi connectivity index (χ3n) is 3.90. The molecule has 1 rings (SSSR count). The fraction of sp³-hybridized carbons (Fsp3) is 1.00. The lowest BCUT2D eigenvalue weighted by Crippen LogP contribution is -2.52. The van der Waals surface area contributed by atoms with Crippen molar-refractivity contribution in [3.8, 4) is 0 Å². The van der Waals surface area contributed by atoms with Crippen LogP contribution in [-0.2, 0) is 10.1 Å². The predicted octanol–water partition coefficient (Wildman–Crippen LogP) is 1.97. The molecule has 1 aliphatic carbocycles. The third kappa shape index (κ3) is 7.73. The fourth-order valence-corrected chi connectivity index (χ4v) is 2.44. The minimum Gasteiger partial charge on any atom is -0.748 e. The third-order valence-corrected chi connectivity index (χ3v) is 3.90. The summed E-state index contributed by atoms with van der Waals surface area (Å²) in [5.74, 6) is 0. The van der Waals surface area contributed by atoms with Crippen LogP contribution in [0.4, 0.5) is 0 Å². The molecule has 0 aliphatic heterocycles. The van der Waals surface area contributed by atoms with Gasteiger partial charge in [0.1, 0.15) is 0 Å². The van der Waals surface area contributed by atoms with Gasteiger partial charge in [-0.1, -0.05) is 6.42 Å². The standard InChI is InChI=1S/C11H24N.CH4O3S/c1-4-12(3,5-2)11-9-7-6-8-10-11;1-5(2,3)4/h11H,4-10H2,1-3H3;1H3,(H,2,3,4)/q+1;/p-1. The topological polar surface area (TPSA) is 57.2 Å². The zero-order valence-corrected chi connectivity index (χ0v) is 12.4. The van der Waals surface area contributed by atoms with E-state index >= 15 is 0 Å². The summed E-state index contributed by atoms with van der Waals surface area (Å²) in [6.07, 6.45) is 7.96. The molecular weight excluding hydrogens is 238 g/mol. The van der Waals surface area contributed by atoms with E-state index in [0.29, 0.717) is 6.26 Å². The molecule has 17 heavy (non-hydrogen) atoms. The van der Waals surface area contributed by atoms with E-state index in [1.165, 1.54) is 49.7 Å². The van der Waals surface area contributed by atoms with Crippen LogP contribution in [0.15, 0.2) is 0 Å². The Labute approximate surface area is 106 Å². The lowest BCUT2D eigenvalue weighted by atomic mass is 9.92. The molecule has 0 aromatic heterocycles. The number of rotatable bonds is 3. The molecule has 0 heterocycles. The van der Waals surface area contributed by atoms with Gasteiger partial charge >= 0.3 is 0 Å². The highest BCUT2D eigenvalue weighted by Crippen LogP contribution is 2.26. The van der Waals surface area contributed by atoms with Gasteiger partial charge in [0.05, 0.1) is 36.3 Å². The first-order valence-corrected chi connectivity index (χ1v) is 8.29. The monoisotopic (exact) mass is 265 g/mol. The maximum absolute atomic E-state index is 9.08. The average molecular weight is 265 g/mol. The second kappa shape index (κ2) is 7.34. The SMILES string of the molecule is CC[N+](C)(CC)C1CCCCC1.CS(=O)(=O)[O-]. The number of nitrogens with zero attached hydrogens (tertiary/aromatic N) is 1. The van der Waals surface area contributed by atoms with Gasteiger partial charge in [0.2, 0.25) is 0 Å². The highest BCUT2D eigenvalue weighted by molar-refractivity contribution is 7.84. The lowest BCUT2D eigenvalue weighted by molar-refractivity contribution is -0.931. The summed E-state index contributed by atoms with van der Waals surface area (Å²) in [6, 6.07) is 0.966. The van der Waals surface area contributed by atoms with Crippen LogP contribution in [0.1, 0.15) is 46.0 Å². The van der Waals surface area contributed by atoms with Gasteiger partial charge in [-0.2, -0.15) is 0 Å². The number of quaternary nitrogens is 1. The molecule has 0 radical (unpaired) electrons. The van der Waals surface area contributed by atoms with Crippen molar-refractivity contribution in [2.45, 2.75) is 52.0 Å². The fourth-order valence-electron chi connectivity index (χ4n) is 2.44. The minimum atomic E-state index is -3.92. The van der Waals surface area contributed by atoms with Crippen LogP contribution in [0.3, 0.4) is 0 Å². The molecule has 0 saturated heterocycles. The van der Waals surface area contributed by atoms with Crippen LogP contribution in [0.2, 0.25) is 0 Å². The summed E-state index contributed by atoms with van der Waals surface area (Å²) in [7, 11) is -1.49. The molecule has 5 heteroatoms. The Morgan fingerprint density at radius 3 is 1.76 bits per heavy atom. The van der Waals surface area contributed by atoms with Gasteiger partial charge in [-0.15, -0.1) is 0 Å². The summed E-state index contributed by atoms with van der Waals surface area (Å²) < 4.78 is 28.5. The van der Waals surface area contributed by atoms with Crippen molar-refractivity contribution < 1.29 is 17.5 Å². The number of hydrogen-bond donors (Lipinski definition) is 0. The highest BCUT2D eigenvalue weighted by atomic mass is 32.2. The van der Waals surface area contributed by atoms with Gasteiger partial charge in [-0.3, -0.25) is 0 Å². The van der Waals surface area contributed by atoms with Crippen molar-refractivity contribution in [1.82, 2.24) is 0 Å². The molecule has 0 amide bonds. The smallest absolute Gasteiger partial charge is 0.0916 e. The summed E-state index contributed by atoms with van der Waals surface area (Å²) >= 11 is 0. The summed E-state index contributed by atoms with van der Waals surface area (Å²) in [6.45, 7) is 7.28. The summed E-state index contributed by atoms with van der Waals surface area (Å²) in [4.78, 5) is 0. The van der Waals surface area contributed by atoms with Crippen molar-refractivity contribution in [2.75, 3.05) is 26.4 Å². The van der Waals surface area contributed by atoms with E-state index in [1.54, 1.807) is 0 Å². The Morgan fingerprint density at radius 2 is 1.47 bits per heavy atom. The molecule has 1 aliphatic rings. The van der Waals surface area contributed by atoms with Crippen molar-refractivity contribution in [3.05, 3.63) is 0 Å². The van der Waals surface area contributed by atoms with Gasteiger partial charge in [0, 0.05) is 6.26 Å². The Kier molecular flexibility index (Phi) is 7.28. The molecule has 0 unspecified atom stereocenters. The summed E-state index contributed by atoms with van der Waals surface area (Å²) in [5.41, 5.74) is 0. The Bertz CT molecular complexity index is 283. The van der Waals surface area contributed by atoms with E-state index in [0.717, 1.165) is 6.04 Å². The van der Waals surface area contributed by atoms with Gasteiger partial charge < -0.3 is 9.04 Å². The van der Waals surface area contributed by atoms with Gasteiger partial charge in [0.25, 0.3) is 0 Å². The minimum absolute atomic E-state index is 0.604. The van der Waals surface area contributed by atoms with Crippen LogP contribution in [0, 0.1) is 0 Å². The Hall–Kier alpha value is -0.130. The number of hydrogen-bond acceptors (Lipinski definition) is 3. The molecule has 0 bridgehead atoms. The largest absolute Gasteiger partial charge is 0.748 e. The Morgan fingerprint density at radius 1 is 1.12 bits per heavy atom. The normalized spacial score (nSPS) is 18.4. The van der Waals surface area contributed by atoms with Crippen molar-refractivity contribution in [1.29, 1.82) is 0 Å². The molecule has 1 fully saturated rings. The summed E-state index contributed by atoms with van der Waals surface area (Å²) in [5, 5.41) is 0. The second-order valence-electron chi connectivity index (χ2n) is 5.11. The van der Waals surface area contributed by atoms with Crippen LogP contribution < -0.4 is 0 Å². The predicted molar refractivity (Wildman–Crippen MR) is 69.8 cm³/mol. The molecule has 4 nitrogen and oxygen atoms in total. The maximum atomic E-state index is 9.08. The Balaban J connectivity index is 0.000000437. The molecule has 0 N–H and O–H groups in total. The molecular formula is C12H27NO3S. The van der Waals surface area contributed by atoms with Gasteiger partial charge in [-0.25, -0.2) is 8.42 Å². The maximum Gasteiger partial charge on any atom is 0.0916 e. The van der Waals surface area contributed by atoms with Gasteiger partial charge in [0.15, 0.2) is 0 Å². The molecule has 1 saturated carbocycles. The zero-order chi connectivity index (χ0) is 13.5. The van der Waals surface area contributed by atoms with Crippen LogP contribution in [0.25, 0.3) is 0 Å². The average Bonchev–Trinajstić information content (AvgIpc) is 2.27. The molecule has 0 aromatic rings. The van der Waals surface area contributed by atoms with E-state index in [9.17, 15) is 0 Å². The van der Waals surface area contributed by atoms with Gasteiger partial charge in [-0.05, 0) is 39.5 Å². The van der Waals surface area contributed by atoms with E-state index in [-0.39, 0.29) is 0 Å². The van der Waals surface area contributed by atoms with Crippen molar-refractivity contribution in [2.24, 2.45) is 0 Å². The van der Waals surface area contributed by atoms with Crippen LogP contribution in [-0.4, -0.2) is 49.9 Å². The van der Waals surface area contributed by atoms with E-state index < -0.39 is 10.1 Å². The first-order valence-electron chi connectivity index (χ1n) is 6.48. The van der Waals surface area contributed by atoms with E-state index in [2.05, 4.69) is 20.9 Å². The molecule has 0 atom stereocenters. The van der Waals surface area contributed by atoms with E-state index in [1.807, 2.05) is 0 Å². The first kappa shape index (κ1) is 16.9. The zero-order valence-electron chi connectivity index (χ0n) is 11.6. The highest BCUT2D eigenvalue weighted by Gasteiger charge is 2.30. The van der Waals surface area contributed by atoms with Crippen LogP contribution >= 0.6 is 0 Å². The van der Waals surface area contributed by atoms with E-state index in [4.69, 9.17) is 13.0 Å². The molecule has 104 valence electrons. The molecule has 0 spiro atoms. The van der Waals surface area contributed by atoms with Crippen LogP contribution in [0.5, 0.6) is 0 Å². The second-order valence-corrected chi connectivity index (χ2v) is 6.52. The molecule has 0 aromatic carbocycles.